The van der Waals surface area contributed by atoms with E-state index in [1.54, 1.807) is 18.2 Å². The van der Waals surface area contributed by atoms with E-state index in [4.69, 9.17) is 16.3 Å². The van der Waals surface area contributed by atoms with Crippen LogP contribution in [0.25, 0.3) is 0 Å². The average Bonchev–Trinajstić information content (AvgIpc) is 2.43. The van der Waals surface area contributed by atoms with E-state index in [1.807, 2.05) is 0 Å². The van der Waals surface area contributed by atoms with Gasteiger partial charge in [0.1, 0.15) is 5.75 Å². The molecule has 0 atom stereocenters. The molecular formula is C14H21ClN2O2. The fourth-order valence-electron chi connectivity index (χ4n) is 2.17. The van der Waals surface area contributed by atoms with Crippen LogP contribution in [-0.4, -0.2) is 49.4 Å². The number of nitrogens with zero attached hydrogens (tertiary/aromatic N) is 1. The molecule has 0 radical (unpaired) electrons. The van der Waals surface area contributed by atoms with Gasteiger partial charge in [-0.15, -0.1) is 0 Å². The molecule has 1 aliphatic heterocycles. The third-order valence-electron chi connectivity index (χ3n) is 3.28. The zero-order valence-corrected chi connectivity index (χ0v) is 11.8. The Labute approximate surface area is 119 Å². The summed E-state index contributed by atoms with van der Waals surface area (Å²) in [5.41, 5.74) is 0.938. The fourth-order valence-corrected chi connectivity index (χ4v) is 2.36. The maximum atomic E-state index is 9.41. The molecule has 1 aliphatic rings. The van der Waals surface area contributed by atoms with E-state index in [1.165, 1.54) is 0 Å². The van der Waals surface area contributed by atoms with Gasteiger partial charge in [-0.1, -0.05) is 11.6 Å². The van der Waals surface area contributed by atoms with Crippen molar-refractivity contribution in [3.05, 3.63) is 28.8 Å². The summed E-state index contributed by atoms with van der Waals surface area (Å²) in [5, 5.41) is 13.5. The molecule has 0 saturated carbocycles. The summed E-state index contributed by atoms with van der Waals surface area (Å²) >= 11 is 6.06. The predicted octanol–water partition coefficient (Wildman–Crippen LogP) is 1.86. The van der Waals surface area contributed by atoms with Crippen LogP contribution in [0, 0.1) is 0 Å². The topological polar surface area (TPSA) is 44.7 Å². The summed E-state index contributed by atoms with van der Waals surface area (Å²) in [6, 6.07) is 5.03. The lowest BCUT2D eigenvalue weighted by atomic mass is 10.2. The Morgan fingerprint density at radius 3 is 2.89 bits per heavy atom. The van der Waals surface area contributed by atoms with E-state index >= 15 is 0 Å². The lowest BCUT2D eigenvalue weighted by molar-refractivity contribution is 0.0374. The third kappa shape index (κ3) is 4.99. The quantitative estimate of drug-likeness (QED) is 0.783. The summed E-state index contributed by atoms with van der Waals surface area (Å²) < 4.78 is 5.31. The van der Waals surface area contributed by atoms with E-state index < -0.39 is 0 Å². The van der Waals surface area contributed by atoms with Crippen molar-refractivity contribution in [3.63, 3.8) is 0 Å². The van der Waals surface area contributed by atoms with Gasteiger partial charge in [0.15, 0.2) is 0 Å². The van der Waals surface area contributed by atoms with Crippen LogP contribution in [0.15, 0.2) is 18.2 Å². The number of phenolic OH excluding ortho intramolecular Hbond substituents is 1. The van der Waals surface area contributed by atoms with Gasteiger partial charge in [0.2, 0.25) is 0 Å². The number of morpholine rings is 1. The molecule has 1 fully saturated rings. The normalized spacial score (nSPS) is 16.7. The molecule has 1 heterocycles. The molecular weight excluding hydrogens is 264 g/mol. The van der Waals surface area contributed by atoms with Crippen LogP contribution in [0.2, 0.25) is 5.02 Å². The predicted molar refractivity (Wildman–Crippen MR) is 76.7 cm³/mol. The molecule has 0 spiro atoms. The lowest BCUT2D eigenvalue weighted by Crippen LogP contribution is -2.37. The minimum Gasteiger partial charge on any atom is -0.508 e. The molecule has 1 aromatic carbocycles. The molecule has 0 unspecified atom stereocenters. The summed E-state index contributed by atoms with van der Waals surface area (Å²) in [4.78, 5) is 2.42. The van der Waals surface area contributed by atoms with E-state index in [9.17, 15) is 5.11 Å². The molecule has 2 rings (SSSR count). The number of aromatic hydroxyl groups is 1. The SMILES string of the molecule is Oc1ccc(Cl)c(CNCCCN2CCOCC2)c1. The molecule has 2 N–H and O–H groups in total. The van der Waals surface area contributed by atoms with Crippen molar-refractivity contribution in [2.24, 2.45) is 0 Å². The Hall–Kier alpha value is -0.810. The Balaban J connectivity index is 1.62. The third-order valence-corrected chi connectivity index (χ3v) is 3.65. The second kappa shape index (κ2) is 7.70. The number of nitrogens with one attached hydrogen (secondary N) is 1. The summed E-state index contributed by atoms with van der Waals surface area (Å²) in [7, 11) is 0. The van der Waals surface area contributed by atoms with Crippen molar-refractivity contribution in [1.82, 2.24) is 10.2 Å². The van der Waals surface area contributed by atoms with Gasteiger partial charge in [0.25, 0.3) is 0 Å². The highest BCUT2D eigenvalue weighted by Crippen LogP contribution is 2.20. The van der Waals surface area contributed by atoms with Gasteiger partial charge in [-0.2, -0.15) is 0 Å². The van der Waals surface area contributed by atoms with Gasteiger partial charge in [0, 0.05) is 24.7 Å². The highest BCUT2D eigenvalue weighted by molar-refractivity contribution is 6.31. The zero-order chi connectivity index (χ0) is 13.5. The van der Waals surface area contributed by atoms with E-state index in [2.05, 4.69) is 10.2 Å². The molecule has 0 bridgehead atoms. The Kier molecular flexibility index (Phi) is 5.92. The van der Waals surface area contributed by atoms with Crippen molar-refractivity contribution in [3.8, 4) is 5.75 Å². The van der Waals surface area contributed by atoms with Crippen LogP contribution in [-0.2, 0) is 11.3 Å². The minimum atomic E-state index is 0.259. The minimum absolute atomic E-state index is 0.259. The Morgan fingerprint density at radius 2 is 2.11 bits per heavy atom. The number of phenols is 1. The summed E-state index contributed by atoms with van der Waals surface area (Å²) in [6.45, 7) is 6.53. The first-order valence-corrected chi connectivity index (χ1v) is 7.12. The van der Waals surface area contributed by atoms with Crippen molar-refractivity contribution in [2.45, 2.75) is 13.0 Å². The van der Waals surface area contributed by atoms with E-state index in [-0.39, 0.29) is 5.75 Å². The molecule has 0 aromatic heterocycles. The van der Waals surface area contributed by atoms with Crippen LogP contribution in [0.5, 0.6) is 5.75 Å². The van der Waals surface area contributed by atoms with Crippen molar-refractivity contribution in [2.75, 3.05) is 39.4 Å². The molecule has 4 nitrogen and oxygen atoms in total. The van der Waals surface area contributed by atoms with E-state index in [0.717, 1.165) is 51.4 Å². The lowest BCUT2D eigenvalue weighted by Gasteiger charge is -2.26. The number of hydrogen-bond donors (Lipinski definition) is 2. The van der Waals surface area contributed by atoms with Crippen LogP contribution < -0.4 is 5.32 Å². The van der Waals surface area contributed by atoms with Crippen LogP contribution in [0.4, 0.5) is 0 Å². The standard InChI is InChI=1S/C14H21ClN2O2/c15-14-3-2-13(18)10-12(14)11-16-4-1-5-17-6-8-19-9-7-17/h2-3,10,16,18H,1,4-9,11H2. The highest BCUT2D eigenvalue weighted by Gasteiger charge is 2.09. The smallest absolute Gasteiger partial charge is 0.116 e. The highest BCUT2D eigenvalue weighted by atomic mass is 35.5. The van der Waals surface area contributed by atoms with Gasteiger partial charge in [-0.3, -0.25) is 4.90 Å². The number of hydrogen-bond acceptors (Lipinski definition) is 4. The number of ether oxygens (including phenoxy) is 1. The van der Waals surface area contributed by atoms with Gasteiger partial charge < -0.3 is 15.2 Å². The van der Waals surface area contributed by atoms with Gasteiger partial charge in [0.05, 0.1) is 13.2 Å². The molecule has 0 aliphatic carbocycles. The molecule has 106 valence electrons. The maximum absolute atomic E-state index is 9.41. The van der Waals surface area contributed by atoms with Gasteiger partial charge >= 0.3 is 0 Å². The molecule has 1 saturated heterocycles. The van der Waals surface area contributed by atoms with Crippen molar-refractivity contribution in [1.29, 1.82) is 0 Å². The first-order valence-electron chi connectivity index (χ1n) is 6.74. The zero-order valence-electron chi connectivity index (χ0n) is 11.1. The van der Waals surface area contributed by atoms with E-state index in [0.29, 0.717) is 11.6 Å². The van der Waals surface area contributed by atoms with Crippen LogP contribution >= 0.6 is 11.6 Å². The average molecular weight is 285 g/mol. The Bertz CT molecular complexity index is 395. The molecule has 0 amide bonds. The largest absolute Gasteiger partial charge is 0.508 e. The van der Waals surface area contributed by atoms with Crippen molar-refractivity contribution < 1.29 is 9.84 Å². The second-order valence-corrected chi connectivity index (χ2v) is 5.17. The van der Waals surface area contributed by atoms with Crippen LogP contribution in [0.3, 0.4) is 0 Å². The van der Waals surface area contributed by atoms with Gasteiger partial charge in [-0.05, 0) is 43.3 Å². The summed E-state index contributed by atoms with van der Waals surface area (Å²) in [6.07, 6.45) is 1.11. The molecule has 19 heavy (non-hydrogen) atoms. The molecule has 5 heteroatoms. The van der Waals surface area contributed by atoms with Crippen molar-refractivity contribution >= 4 is 11.6 Å². The van der Waals surface area contributed by atoms with Gasteiger partial charge in [-0.25, -0.2) is 0 Å². The second-order valence-electron chi connectivity index (χ2n) is 4.76. The first kappa shape index (κ1) is 14.6. The Morgan fingerprint density at radius 1 is 1.32 bits per heavy atom. The number of benzene rings is 1. The summed E-state index contributed by atoms with van der Waals surface area (Å²) in [5.74, 6) is 0.259. The monoisotopic (exact) mass is 284 g/mol. The number of rotatable bonds is 6. The number of halogens is 1. The fraction of sp³-hybridized carbons (Fsp3) is 0.571. The maximum Gasteiger partial charge on any atom is 0.116 e. The van der Waals surface area contributed by atoms with Crippen LogP contribution in [0.1, 0.15) is 12.0 Å². The molecule has 1 aromatic rings. The first-order chi connectivity index (χ1) is 9.25.